The summed E-state index contributed by atoms with van der Waals surface area (Å²) in [7, 11) is 0. The Balaban J connectivity index is 1.62. The SMILES string of the molecule is CC(NCc1n[nH]nc1-c1ccccc1)C1CCCCC1. The fourth-order valence-corrected chi connectivity index (χ4v) is 3.26. The van der Waals surface area contributed by atoms with E-state index in [9.17, 15) is 0 Å². The number of nitrogens with one attached hydrogen (secondary N) is 2. The van der Waals surface area contributed by atoms with Crippen LogP contribution in [0.4, 0.5) is 0 Å². The summed E-state index contributed by atoms with van der Waals surface area (Å²) in [6.45, 7) is 3.08. The Hall–Kier alpha value is -1.68. The first kappa shape index (κ1) is 14.3. The van der Waals surface area contributed by atoms with Gasteiger partial charge in [0.1, 0.15) is 11.4 Å². The van der Waals surface area contributed by atoms with Crippen molar-refractivity contribution >= 4 is 0 Å². The molecule has 0 aliphatic heterocycles. The van der Waals surface area contributed by atoms with Crippen LogP contribution in [0.25, 0.3) is 11.3 Å². The number of benzene rings is 1. The lowest BCUT2D eigenvalue weighted by atomic mass is 9.84. The normalized spacial score (nSPS) is 17.8. The Morgan fingerprint density at radius 2 is 1.90 bits per heavy atom. The lowest BCUT2D eigenvalue weighted by molar-refractivity contribution is 0.280. The molecule has 0 amide bonds. The molecule has 4 heteroatoms. The molecule has 21 heavy (non-hydrogen) atoms. The number of hydrogen-bond donors (Lipinski definition) is 2. The van der Waals surface area contributed by atoms with Crippen LogP contribution in [-0.4, -0.2) is 21.5 Å². The van der Waals surface area contributed by atoms with Gasteiger partial charge < -0.3 is 5.32 Å². The molecule has 0 saturated heterocycles. The molecule has 2 aromatic rings. The molecule has 1 heterocycles. The molecule has 1 unspecified atom stereocenters. The van der Waals surface area contributed by atoms with E-state index in [2.05, 4.69) is 39.8 Å². The molecule has 1 aromatic carbocycles. The number of aromatic amines is 1. The summed E-state index contributed by atoms with van der Waals surface area (Å²) in [6.07, 6.45) is 6.90. The summed E-state index contributed by atoms with van der Waals surface area (Å²) in [6, 6.07) is 10.8. The zero-order valence-electron chi connectivity index (χ0n) is 12.7. The first-order valence-corrected chi connectivity index (χ1v) is 8.03. The third-order valence-electron chi connectivity index (χ3n) is 4.62. The monoisotopic (exact) mass is 284 g/mol. The average Bonchev–Trinajstić information content (AvgIpc) is 3.03. The summed E-state index contributed by atoms with van der Waals surface area (Å²) in [5.74, 6) is 0.811. The van der Waals surface area contributed by atoms with Gasteiger partial charge in [-0.1, -0.05) is 49.6 Å². The second-order valence-electron chi connectivity index (χ2n) is 6.05. The summed E-state index contributed by atoms with van der Waals surface area (Å²) in [5, 5.41) is 15.0. The van der Waals surface area contributed by atoms with E-state index >= 15 is 0 Å². The molecule has 1 aliphatic carbocycles. The van der Waals surface area contributed by atoms with Crippen LogP contribution >= 0.6 is 0 Å². The molecular weight excluding hydrogens is 260 g/mol. The molecular formula is C17H24N4. The maximum Gasteiger partial charge on any atom is 0.117 e. The zero-order valence-corrected chi connectivity index (χ0v) is 12.7. The topological polar surface area (TPSA) is 53.6 Å². The van der Waals surface area contributed by atoms with E-state index in [1.54, 1.807) is 0 Å². The van der Waals surface area contributed by atoms with Gasteiger partial charge in [0, 0.05) is 18.2 Å². The molecule has 1 fully saturated rings. The van der Waals surface area contributed by atoms with Gasteiger partial charge in [-0.25, -0.2) is 0 Å². The molecule has 1 aromatic heterocycles. The van der Waals surface area contributed by atoms with Gasteiger partial charge in [-0.3, -0.25) is 0 Å². The number of H-pyrrole nitrogens is 1. The highest BCUT2D eigenvalue weighted by atomic mass is 15.3. The molecule has 0 spiro atoms. The maximum atomic E-state index is 4.31. The minimum atomic E-state index is 0.547. The predicted octanol–water partition coefficient (Wildman–Crippen LogP) is 3.53. The van der Waals surface area contributed by atoms with E-state index in [0.29, 0.717) is 6.04 Å². The average molecular weight is 284 g/mol. The Morgan fingerprint density at radius 1 is 1.14 bits per heavy atom. The van der Waals surface area contributed by atoms with E-state index in [4.69, 9.17) is 0 Å². The van der Waals surface area contributed by atoms with E-state index < -0.39 is 0 Å². The van der Waals surface area contributed by atoms with Gasteiger partial charge in [-0.2, -0.15) is 15.4 Å². The smallest absolute Gasteiger partial charge is 0.117 e. The van der Waals surface area contributed by atoms with Crippen molar-refractivity contribution in [1.29, 1.82) is 0 Å². The molecule has 0 radical (unpaired) electrons. The lowest BCUT2D eigenvalue weighted by Gasteiger charge is -2.28. The highest BCUT2D eigenvalue weighted by Crippen LogP contribution is 2.26. The van der Waals surface area contributed by atoms with E-state index in [1.165, 1.54) is 32.1 Å². The number of aromatic nitrogens is 3. The second kappa shape index (κ2) is 6.85. The van der Waals surface area contributed by atoms with Crippen LogP contribution in [0, 0.1) is 5.92 Å². The maximum absolute atomic E-state index is 4.31. The largest absolute Gasteiger partial charge is 0.308 e. The minimum Gasteiger partial charge on any atom is -0.308 e. The molecule has 1 atom stereocenters. The van der Waals surface area contributed by atoms with Crippen LogP contribution in [-0.2, 0) is 6.54 Å². The van der Waals surface area contributed by atoms with Crippen molar-refractivity contribution < 1.29 is 0 Å². The number of hydrogen-bond acceptors (Lipinski definition) is 3. The fraction of sp³-hybridized carbons (Fsp3) is 0.529. The Bertz CT molecular complexity index is 543. The fourth-order valence-electron chi connectivity index (χ4n) is 3.26. The summed E-state index contributed by atoms with van der Waals surface area (Å²) >= 11 is 0. The van der Waals surface area contributed by atoms with Gasteiger partial charge >= 0.3 is 0 Å². The molecule has 3 rings (SSSR count). The van der Waals surface area contributed by atoms with Crippen molar-refractivity contribution in [2.24, 2.45) is 5.92 Å². The third kappa shape index (κ3) is 3.50. The Labute approximate surface area is 126 Å². The van der Waals surface area contributed by atoms with Crippen LogP contribution in [0.3, 0.4) is 0 Å². The van der Waals surface area contributed by atoms with Crippen molar-refractivity contribution in [3.63, 3.8) is 0 Å². The molecule has 0 bridgehead atoms. The Morgan fingerprint density at radius 3 is 2.67 bits per heavy atom. The number of rotatable bonds is 5. The molecule has 2 N–H and O–H groups in total. The van der Waals surface area contributed by atoms with E-state index in [-0.39, 0.29) is 0 Å². The predicted molar refractivity (Wildman–Crippen MR) is 84.7 cm³/mol. The van der Waals surface area contributed by atoms with Gasteiger partial charge in [0.15, 0.2) is 0 Å². The van der Waals surface area contributed by atoms with E-state index in [1.807, 2.05) is 18.2 Å². The van der Waals surface area contributed by atoms with Crippen molar-refractivity contribution in [1.82, 2.24) is 20.7 Å². The third-order valence-corrected chi connectivity index (χ3v) is 4.62. The number of nitrogens with zero attached hydrogens (tertiary/aromatic N) is 2. The standard InChI is InChI=1S/C17H24N4/c1-13(14-8-4-2-5-9-14)18-12-16-17(20-21-19-16)15-10-6-3-7-11-15/h3,6-7,10-11,13-14,18H,2,4-5,8-9,12H2,1H3,(H,19,20,21). The highest BCUT2D eigenvalue weighted by molar-refractivity contribution is 5.60. The van der Waals surface area contributed by atoms with Crippen molar-refractivity contribution in [2.75, 3.05) is 0 Å². The van der Waals surface area contributed by atoms with Crippen LogP contribution in [0.1, 0.15) is 44.7 Å². The Kier molecular flexibility index (Phi) is 4.65. The minimum absolute atomic E-state index is 0.547. The lowest BCUT2D eigenvalue weighted by Crippen LogP contribution is -2.34. The van der Waals surface area contributed by atoms with Crippen molar-refractivity contribution in [3.8, 4) is 11.3 Å². The van der Waals surface area contributed by atoms with Crippen LogP contribution in [0.5, 0.6) is 0 Å². The van der Waals surface area contributed by atoms with Gasteiger partial charge in [-0.15, -0.1) is 0 Å². The van der Waals surface area contributed by atoms with Gasteiger partial charge in [0.2, 0.25) is 0 Å². The summed E-state index contributed by atoms with van der Waals surface area (Å²) in [4.78, 5) is 0. The zero-order chi connectivity index (χ0) is 14.5. The van der Waals surface area contributed by atoms with Gasteiger partial charge in [0.05, 0.1) is 0 Å². The van der Waals surface area contributed by atoms with E-state index in [0.717, 1.165) is 29.4 Å². The molecule has 1 aliphatic rings. The molecule has 1 saturated carbocycles. The summed E-state index contributed by atoms with van der Waals surface area (Å²) < 4.78 is 0. The summed E-state index contributed by atoms with van der Waals surface area (Å²) in [5.41, 5.74) is 3.08. The van der Waals surface area contributed by atoms with Crippen LogP contribution in [0.15, 0.2) is 30.3 Å². The quantitative estimate of drug-likeness (QED) is 0.883. The van der Waals surface area contributed by atoms with Crippen LogP contribution < -0.4 is 5.32 Å². The van der Waals surface area contributed by atoms with Crippen LogP contribution in [0.2, 0.25) is 0 Å². The van der Waals surface area contributed by atoms with Gasteiger partial charge in [0.25, 0.3) is 0 Å². The van der Waals surface area contributed by atoms with Crippen molar-refractivity contribution in [3.05, 3.63) is 36.0 Å². The van der Waals surface area contributed by atoms with Gasteiger partial charge in [-0.05, 0) is 25.7 Å². The first-order valence-electron chi connectivity index (χ1n) is 8.03. The molecule has 112 valence electrons. The van der Waals surface area contributed by atoms with Crippen molar-refractivity contribution in [2.45, 2.75) is 51.6 Å². The molecule has 4 nitrogen and oxygen atoms in total. The first-order chi connectivity index (χ1) is 10.3. The highest BCUT2D eigenvalue weighted by Gasteiger charge is 2.20. The second-order valence-corrected chi connectivity index (χ2v) is 6.05.